The van der Waals surface area contributed by atoms with Crippen molar-refractivity contribution in [2.45, 2.75) is 25.7 Å². The highest BCUT2D eigenvalue weighted by molar-refractivity contribution is 5.93. The summed E-state index contributed by atoms with van der Waals surface area (Å²) in [5.74, 6) is -0.326. The van der Waals surface area contributed by atoms with Crippen LogP contribution < -0.4 is 0 Å². The van der Waals surface area contributed by atoms with Gasteiger partial charge in [-0.2, -0.15) is 0 Å². The minimum absolute atomic E-state index is 0.246. The van der Waals surface area contributed by atoms with E-state index in [-0.39, 0.29) is 18.7 Å². The third-order valence-corrected chi connectivity index (χ3v) is 4.26. The maximum atomic E-state index is 12.3. The zero-order valence-corrected chi connectivity index (χ0v) is 13.2. The van der Waals surface area contributed by atoms with Gasteiger partial charge in [-0.1, -0.05) is 30.3 Å². The van der Waals surface area contributed by atoms with Crippen LogP contribution in [-0.4, -0.2) is 28.2 Å². The molecule has 0 spiro atoms. The van der Waals surface area contributed by atoms with E-state index >= 15 is 0 Å². The Bertz CT molecular complexity index is 853. The van der Waals surface area contributed by atoms with Gasteiger partial charge in [0, 0.05) is 6.61 Å². The van der Waals surface area contributed by atoms with E-state index in [4.69, 9.17) is 9.47 Å². The van der Waals surface area contributed by atoms with E-state index in [0.717, 1.165) is 36.2 Å². The molecule has 24 heavy (non-hydrogen) atoms. The smallest absolute Gasteiger partial charge is 0.338 e. The van der Waals surface area contributed by atoms with Gasteiger partial charge in [0.2, 0.25) is 0 Å². The fraction of sp³-hybridized carbons (Fsp3) is 0.263. The van der Waals surface area contributed by atoms with Crippen LogP contribution >= 0.6 is 0 Å². The summed E-state index contributed by atoms with van der Waals surface area (Å²) in [4.78, 5) is 16.7. The van der Waals surface area contributed by atoms with Crippen LogP contribution in [0.3, 0.4) is 0 Å². The average Bonchev–Trinajstić information content (AvgIpc) is 2.99. The Morgan fingerprint density at radius 1 is 1.25 bits per heavy atom. The van der Waals surface area contributed by atoms with Gasteiger partial charge in [0.1, 0.15) is 6.61 Å². The Morgan fingerprint density at radius 3 is 2.83 bits per heavy atom. The second-order valence-corrected chi connectivity index (χ2v) is 5.94. The van der Waals surface area contributed by atoms with Crippen molar-refractivity contribution < 1.29 is 14.3 Å². The maximum absolute atomic E-state index is 12.3. The molecule has 0 saturated carbocycles. The van der Waals surface area contributed by atoms with Crippen molar-refractivity contribution in [2.75, 3.05) is 6.61 Å². The largest absolute Gasteiger partial charge is 0.457 e. The van der Waals surface area contributed by atoms with Gasteiger partial charge in [0.15, 0.2) is 0 Å². The lowest BCUT2D eigenvalue weighted by molar-refractivity contribution is -0.0586. The summed E-state index contributed by atoms with van der Waals surface area (Å²) in [6.07, 6.45) is 3.11. The standard InChI is InChI=1S/C19H18N2O3/c22-19(24-12-14-4-2-1-3-5-14)15-6-7-17-18(10-15)21(13-20-17)11-16-8-9-23-16/h1-7,10,13,16H,8-9,11-12H2/t16-/m0/s1. The number of hydrogen-bond donors (Lipinski definition) is 0. The lowest BCUT2D eigenvalue weighted by atomic mass is 10.1. The minimum Gasteiger partial charge on any atom is -0.457 e. The third-order valence-electron chi connectivity index (χ3n) is 4.26. The molecule has 2 aromatic carbocycles. The van der Waals surface area contributed by atoms with Crippen LogP contribution in [0.15, 0.2) is 54.9 Å². The van der Waals surface area contributed by atoms with Crippen molar-refractivity contribution in [3.05, 3.63) is 66.0 Å². The lowest BCUT2D eigenvalue weighted by Crippen LogP contribution is -2.30. The Balaban J connectivity index is 1.50. The molecular formula is C19H18N2O3. The van der Waals surface area contributed by atoms with Crippen LogP contribution in [0, 0.1) is 0 Å². The number of fused-ring (bicyclic) bond motifs is 1. The number of imidazole rings is 1. The molecule has 0 radical (unpaired) electrons. The van der Waals surface area contributed by atoms with Crippen LogP contribution in [0.25, 0.3) is 11.0 Å². The summed E-state index contributed by atoms with van der Waals surface area (Å²) in [5, 5.41) is 0. The number of ether oxygens (including phenoxy) is 2. The number of esters is 1. The first-order valence-corrected chi connectivity index (χ1v) is 8.07. The van der Waals surface area contributed by atoms with Crippen LogP contribution in [-0.2, 0) is 22.6 Å². The lowest BCUT2D eigenvalue weighted by Gasteiger charge is -2.26. The molecular weight excluding hydrogens is 304 g/mol. The van der Waals surface area contributed by atoms with E-state index in [0.29, 0.717) is 5.56 Å². The van der Waals surface area contributed by atoms with Crippen molar-refractivity contribution in [3.63, 3.8) is 0 Å². The number of carbonyl (C=O) groups is 1. The van der Waals surface area contributed by atoms with Crippen molar-refractivity contribution in [1.82, 2.24) is 9.55 Å². The van der Waals surface area contributed by atoms with Crippen LogP contribution in [0.1, 0.15) is 22.3 Å². The van der Waals surface area contributed by atoms with Crippen LogP contribution in [0.4, 0.5) is 0 Å². The molecule has 1 aromatic heterocycles. The Hall–Kier alpha value is -2.66. The van der Waals surface area contributed by atoms with E-state index in [1.807, 2.05) is 47.0 Å². The SMILES string of the molecule is O=C(OCc1ccccc1)c1ccc2ncn(C[C@@H]3CCO3)c2c1. The fourth-order valence-corrected chi connectivity index (χ4v) is 2.78. The first-order chi connectivity index (χ1) is 11.8. The molecule has 1 saturated heterocycles. The van der Waals surface area contributed by atoms with Gasteiger partial charge in [-0.3, -0.25) is 0 Å². The maximum Gasteiger partial charge on any atom is 0.338 e. The van der Waals surface area contributed by atoms with Gasteiger partial charge < -0.3 is 14.0 Å². The fourth-order valence-electron chi connectivity index (χ4n) is 2.78. The quantitative estimate of drug-likeness (QED) is 0.677. The van der Waals surface area contributed by atoms with Gasteiger partial charge in [-0.25, -0.2) is 9.78 Å². The second-order valence-electron chi connectivity index (χ2n) is 5.94. The molecule has 5 heteroatoms. The molecule has 4 rings (SSSR count). The number of carbonyl (C=O) groups excluding carboxylic acids is 1. The van der Waals surface area contributed by atoms with Crippen molar-refractivity contribution >= 4 is 17.0 Å². The van der Waals surface area contributed by atoms with E-state index < -0.39 is 0 Å². The second kappa shape index (κ2) is 6.45. The molecule has 3 aromatic rings. The van der Waals surface area contributed by atoms with Gasteiger partial charge in [-0.15, -0.1) is 0 Å². The molecule has 5 nitrogen and oxygen atoms in total. The summed E-state index contributed by atoms with van der Waals surface area (Å²) < 4.78 is 12.9. The highest BCUT2D eigenvalue weighted by atomic mass is 16.5. The zero-order valence-electron chi connectivity index (χ0n) is 13.2. The number of nitrogens with zero attached hydrogens (tertiary/aromatic N) is 2. The molecule has 1 atom stereocenters. The summed E-state index contributed by atoms with van der Waals surface area (Å²) in [5.41, 5.74) is 3.31. The molecule has 0 amide bonds. The van der Waals surface area contributed by atoms with Gasteiger partial charge in [0.05, 0.1) is 35.6 Å². The van der Waals surface area contributed by atoms with E-state index in [9.17, 15) is 4.79 Å². The predicted octanol–water partition coefficient (Wildman–Crippen LogP) is 3.18. The van der Waals surface area contributed by atoms with Crippen LogP contribution in [0.2, 0.25) is 0 Å². The zero-order chi connectivity index (χ0) is 16.4. The third kappa shape index (κ3) is 3.03. The first-order valence-electron chi connectivity index (χ1n) is 8.07. The molecule has 0 N–H and O–H groups in total. The van der Waals surface area contributed by atoms with Crippen molar-refractivity contribution in [3.8, 4) is 0 Å². The molecule has 122 valence electrons. The van der Waals surface area contributed by atoms with Crippen LogP contribution in [0.5, 0.6) is 0 Å². The Labute approximate surface area is 139 Å². The molecule has 0 bridgehead atoms. The predicted molar refractivity (Wildman–Crippen MR) is 89.7 cm³/mol. The van der Waals surface area contributed by atoms with Gasteiger partial charge in [0.25, 0.3) is 0 Å². The Morgan fingerprint density at radius 2 is 2.08 bits per heavy atom. The highest BCUT2D eigenvalue weighted by Gasteiger charge is 2.20. The van der Waals surface area contributed by atoms with E-state index in [2.05, 4.69) is 4.98 Å². The topological polar surface area (TPSA) is 53.3 Å². The summed E-state index contributed by atoms with van der Waals surface area (Å²) in [6, 6.07) is 15.1. The van der Waals surface area contributed by atoms with E-state index in [1.165, 1.54) is 0 Å². The van der Waals surface area contributed by atoms with Gasteiger partial charge in [-0.05, 0) is 30.2 Å². The van der Waals surface area contributed by atoms with Crippen molar-refractivity contribution in [1.29, 1.82) is 0 Å². The monoisotopic (exact) mass is 322 g/mol. The summed E-state index contributed by atoms with van der Waals surface area (Å²) in [6.45, 7) is 1.86. The minimum atomic E-state index is -0.326. The summed E-state index contributed by atoms with van der Waals surface area (Å²) >= 11 is 0. The molecule has 2 heterocycles. The Kier molecular flexibility index (Phi) is 4.01. The average molecular weight is 322 g/mol. The first kappa shape index (κ1) is 14.9. The highest BCUT2D eigenvalue weighted by Crippen LogP contribution is 2.20. The van der Waals surface area contributed by atoms with Gasteiger partial charge >= 0.3 is 5.97 Å². The summed E-state index contributed by atoms with van der Waals surface area (Å²) in [7, 11) is 0. The molecule has 1 aliphatic rings. The molecule has 1 aliphatic heterocycles. The molecule has 1 fully saturated rings. The normalized spacial score (nSPS) is 16.8. The number of rotatable bonds is 5. The molecule has 0 unspecified atom stereocenters. The number of hydrogen-bond acceptors (Lipinski definition) is 4. The number of aromatic nitrogens is 2. The van der Waals surface area contributed by atoms with Crippen molar-refractivity contribution in [2.24, 2.45) is 0 Å². The number of benzene rings is 2. The van der Waals surface area contributed by atoms with E-state index in [1.54, 1.807) is 12.4 Å². The molecule has 0 aliphatic carbocycles.